The van der Waals surface area contributed by atoms with Crippen LogP contribution in [0, 0.1) is 17.3 Å². The molecule has 5 rings (SSSR count). The maximum Gasteiger partial charge on any atom is 0.338 e. The summed E-state index contributed by atoms with van der Waals surface area (Å²) in [6.45, 7) is 0.512. The summed E-state index contributed by atoms with van der Waals surface area (Å²) in [5, 5.41) is 27.3. The molecule has 2 aliphatic carbocycles. The molecule has 152 valence electrons. The molecule has 0 atom stereocenters. The highest BCUT2D eigenvalue weighted by Crippen LogP contribution is 2.52. The summed E-state index contributed by atoms with van der Waals surface area (Å²) in [5.41, 5.74) is 0.532. The van der Waals surface area contributed by atoms with Crippen LogP contribution in [0.5, 0.6) is 5.88 Å². The Morgan fingerprint density at radius 3 is 2.62 bits per heavy atom. The highest BCUT2D eigenvalue weighted by Gasteiger charge is 2.40. The molecule has 0 radical (unpaired) electrons. The van der Waals surface area contributed by atoms with Crippen molar-refractivity contribution in [1.82, 2.24) is 29.5 Å². The molecule has 2 aliphatic rings. The normalized spacial score (nSPS) is 18.9. The minimum atomic E-state index is -1.16. The van der Waals surface area contributed by atoms with E-state index in [2.05, 4.69) is 20.2 Å². The predicted molar refractivity (Wildman–Crippen MR) is 99.3 cm³/mol. The van der Waals surface area contributed by atoms with Crippen LogP contribution in [0.15, 0.2) is 12.4 Å². The molecule has 2 fully saturated rings. The molecule has 1 spiro atoms. The number of aromatic hydroxyl groups is 1. The lowest BCUT2D eigenvalue weighted by atomic mass is 9.59. The topological polar surface area (TPSA) is 119 Å². The van der Waals surface area contributed by atoms with Gasteiger partial charge < -0.3 is 10.2 Å². The molecule has 10 heteroatoms. The van der Waals surface area contributed by atoms with Crippen molar-refractivity contribution >= 4 is 17.0 Å². The van der Waals surface area contributed by atoms with E-state index in [0.29, 0.717) is 17.9 Å². The standard InChI is InChI=1S/C19H21FN6O3/c20-15-13-14(16(27)23-18(22-13)26-10-12(8-21-26)17(28)29)25(24-15)9-11-2-6-19(7-3-11)4-1-5-19/h8,10-11H,1-7,9H2,(H,28,29)(H,22,23,27). The molecule has 9 nitrogen and oxygen atoms in total. The van der Waals surface area contributed by atoms with E-state index in [9.17, 15) is 14.3 Å². The number of nitrogens with zero attached hydrogens (tertiary/aromatic N) is 6. The smallest absolute Gasteiger partial charge is 0.338 e. The van der Waals surface area contributed by atoms with Crippen LogP contribution >= 0.6 is 0 Å². The van der Waals surface area contributed by atoms with Crippen LogP contribution in [0.2, 0.25) is 0 Å². The van der Waals surface area contributed by atoms with Gasteiger partial charge in [0.1, 0.15) is 0 Å². The van der Waals surface area contributed by atoms with Crippen molar-refractivity contribution in [1.29, 1.82) is 0 Å². The molecule has 0 saturated heterocycles. The van der Waals surface area contributed by atoms with Gasteiger partial charge in [0.2, 0.25) is 5.88 Å². The number of hydrogen-bond acceptors (Lipinski definition) is 6. The Balaban J connectivity index is 1.43. The van der Waals surface area contributed by atoms with Crippen molar-refractivity contribution in [3.63, 3.8) is 0 Å². The van der Waals surface area contributed by atoms with Gasteiger partial charge in [-0.15, -0.1) is 5.10 Å². The molecule has 0 amide bonds. The van der Waals surface area contributed by atoms with Crippen molar-refractivity contribution in [2.45, 2.75) is 51.5 Å². The van der Waals surface area contributed by atoms with E-state index in [0.717, 1.165) is 23.7 Å². The van der Waals surface area contributed by atoms with Gasteiger partial charge in [-0.25, -0.2) is 14.5 Å². The molecule has 0 aromatic carbocycles. The third-order valence-electron chi connectivity index (χ3n) is 6.56. The second kappa shape index (κ2) is 6.50. The van der Waals surface area contributed by atoms with Gasteiger partial charge in [-0.3, -0.25) is 4.68 Å². The quantitative estimate of drug-likeness (QED) is 0.691. The first-order chi connectivity index (χ1) is 13.9. The summed E-state index contributed by atoms with van der Waals surface area (Å²) in [4.78, 5) is 19.1. The maximum atomic E-state index is 14.5. The fraction of sp³-hybridized carbons (Fsp3) is 0.526. The molecule has 3 aromatic heterocycles. The zero-order chi connectivity index (χ0) is 20.2. The number of fused-ring (bicyclic) bond motifs is 1. The summed E-state index contributed by atoms with van der Waals surface area (Å²) in [6, 6.07) is 0. The first-order valence-corrected chi connectivity index (χ1v) is 9.85. The largest absolute Gasteiger partial charge is 0.492 e. The first-order valence-electron chi connectivity index (χ1n) is 9.85. The number of carboxylic acid groups (broad SMARTS) is 1. The van der Waals surface area contributed by atoms with E-state index in [-0.39, 0.29) is 22.5 Å². The van der Waals surface area contributed by atoms with E-state index in [1.165, 1.54) is 43.0 Å². The minimum Gasteiger partial charge on any atom is -0.492 e. The van der Waals surface area contributed by atoms with Gasteiger partial charge >= 0.3 is 5.97 Å². The molecule has 29 heavy (non-hydrogen) atoms. The van der Waals surface area contributed by atoms with Crippen LogP contribution in [0.25, 0.3) is 17.0 Å². The lowest BCUT2D eigenvalue weighted by molar-refractivity contribution is 0.0510. The Bertz CT molecular complexity index is 1090. The van der Waals surface area contributed by atoms with Gasteiger partial charge in [0.25, 0.3) is 11.9 Å². The Labute approximate surface area is 165 Å². The number of rotatable bonds is 4. The van der Waals surface area contributed by atoms with Crippen LogP contribution in [0.4, 0.5) is 4.39 Å². The van der Waals surface area contributed by atoms with Crippen molar-refractivity contribution in [2.75, 3.05) is 0 Å². The second-order valence-electron chi connectivity index (χ2n) is 8.29. The highest BCUT2D eigenvalue weighted by molar-refractivity contribution is 5.87. The number of carboxylic acids is 1. The second-order valence-corrected chi connectivity index (χ2v) is 8.29. The third kappa shape index (κ3) is 3.02. The monoisotopic (exact) mass is 400 g/mol. The molecule has 0 bridgehead atoms. The van der Waals surface area contributed by atoms with E-state index >= 15 is 0 Å². The van der Waals surface area contributed by atoms with Crippen molar-refractivity contribution < 1.29 is 19.4 Å². The van der Waals surface area contributed by atoms with Gasteiger partial charge in [0.15, 0.2) is 11.0 Å². The first kappa shape index (κ1) is 18.0. The summed E-state index contributed by atoms with van der Waals surface area (Å²) >= 11 is 0. The van der Waals surface area contributed by atoms with E-state index in [4.69, 9.17) is 5.11 Å². The lowest BCUT2D eigenvalue weighted by Crippen LogP contribution is -2.34. The number of halogens is 1. The Kier molecular flexibility index (Phi) is 4.04. The van der Waals surface area contributed by atoms with Gasteiger partial charge in [-0.05, 0) is 49.9 Å². The van der Waals surface area contributed by atoms with Crippen LogP contribution in [0.3, 0.4) is 0 Å². The Hall–Kier alpha value is -3.04. The van der Waals surface area contributed by atoms with Gasteiger partial charge in [-0.1, -0.05) is 6.42 Å². The van der Waals surface area contributed by atoms with E-state index in [1.54, 1.807) is 0 Å². The average Bonchev–Trinajstić information content (AvgIpc) is 3.27. The SMILES string of the molecule is O=C(O)c1cnn(-c2nc(O)c3c(n2)c(F)nn3CC2CCC3(CCC3)CC2)c1. The molecule has 0 unspecified atom stereocenters. The van der Waals surface area contributed by atoms with Gasteiger partial charge in [0, 0.05) is 12.7 Å². The molecule has 3 aromatic rings. The Morgan fingerprint density at radius 2 is 2.00 bits per heavy atom. The van der Waals surface area contributed by atoms with Gasteiger partial charge in [0.05, 0.1) is 11.8 Å². The van der Waals surface area contributed by atoms with Crippen molar-refractivity contribution in [3.8, 4) is 11.8 Å². The minimum absolute atomic E-state index is 0.0640. The van der Waals surface area contributed by atoms with Crippen LogP contribution in [-0.4, -0.2) is 45.7 Å². The van der Waals surface area contributed by atoms with E-state index in [1.807, 2.05) is 0 Å². The third-order valence-corrected chi connectivity index (χ3v) is 6.56. The summed E-state index contributed by atoms with van der Waals surface area (Å²) in [5.74, 6) is -2.09. The summed E-state index contributed by atoms with van der Waals surface area (Å²) < 4.78 is 17.0. The molecular weight excluding hydrogens is 379 g/mol. The summed E-state index contributed by atoms with van der Waals surface area (Å²) in [6.07, 6.45) is 10.9. The zero-order valence-electron chi connectivity index (χ0n) is 15.8. The Morgan fingerprint density at radius 1 is 1.24 bits per heavy atom. The molecule has 3 heterocycles. The highest BCUT2D eigenvalue weighted by atomic mass is 19.1. The lowest BCUT2D eigenvalue weighted by Gasteiger charge is -2.47. The van der Waals surface area contributed by atoms with Crippen LogP contribution in [0.1, 0.15) is 55.3 Å². The zero-order valence-corrected chi connectivity index (χ0v) is 15.8. The number of carbonyl (C=O) groups is 1. The molecular formula is C19H21FN6O3. The van der Waals surface area contributed by atoms with Crippen molar-refractivity contribution in [3.05, 3.63) is 23.9 Å². The predicted octanol–water partition coefficient (Wildman–Crippen LogP) is 2.92. The van der Waals surface area contributed by atoms with E-state index < -0.39 is 17.8 Å². The molecule has 2 N–H and O–H groups in total. The maximum absolute atomic E-state index is 14.5. The average molecular weight is 400 g/mol. The molecule has 2 saturated carbocycles. The number of aromatic carboxylic acids is 1. The van der Waals surface area contributed by atoms with Crippen LogP contribution < -0.4 is 0 Å². The van der Waals surface area contributed by atoms with Gasteiger partial charge in [-0.2, -0.15) is 14.5 Å². The fourth-order valence-electron chi connectivity index (χ4n) is 4.69. The fourth-order valence-corrected chi connectivity index (χ4v) is 4.69. The summed E-state index contributed by atoms with van der Waals surface area (Å²) in [7, 11) is 0. The number of aromatic nitrogens is 6. The number of hydrogen-bond donors (Lipinski definition) is 2. The molecule has 0 aliphatic heterocycles. The van der Waals surface area contributed by atoms with Crippen molar-refractivity contribution in [2.24, 2.45) is 11.3 Å². The van der Waals surface area contributed by atoms with Crippen LogP contribution in [-0.2, 0) is 6.54 Å².